The van der Waals surface area contributed by atoms with Gasteiger partial charge in [-0.3, -0.25) is 4.99 Å². The molecule has 0 amide bonds. The fourth-order valence-electron chi connectivity index (χ4n) is 3.48. The van der Waals surface area contributed by atoms with E-state index in [9.17, 15) is 0 Å². The molecule has 0 bridgehead atoms. The predicted molar refractivity (Wildman–Crippen MR) is 123 cm³/mol. The SMILES string of the molecule is CCC(C=c1[nH]/c(=C\c2[nH]c(/C=C(\N=N)C(C)N)c(C)c2CC)c(C)c1C)=NC. The van der Waals surface area contributed by atoms with Crippen molar-refractivity contribution < 1.29 is 0 Å². The van der Waals surface area contributed by atoms with Gasteiger partial charge in [0.25, 0.3) is 0 Å². The van der Waals surface area contributed by atoms with Crippen molar-refractivity contribution in [2.75, 3.05) is 7.05 Å². The van der Waals surface area contributed by atoms with Crippen LogP contribution < -0.4 is 16.4 Å². The number of H-pyrrole nitrogens is 2. The van der Waals surface area contributed by atoms with Crippen molar-refractivity contribution in [1.82, 2.24) is 9.97 Å². The average molecular weight is 395 g/mol. The lowest BCUT2D eigenvalue weighted by Gasteiger charge is -2.03. The normalized spacial score (nSPS) is 15.3. The quantitative estimate of drug-likeness (QED) is 0.418. The van der Waals surface area contributed by atoms with E-state index in [1.54, 1.807) is 0 Å². The molecule has 0 aliphatic rings. The Labute approximate surface area is 173 Å². The number of hydrogen-bond donors (Lipinski definition) is 4. The van der Waals surface area contributed by atoms with Gasteiger partial charge in [0, 0.05) is 40.9 Å². The second kappa shape index (κ2) is 9.65. The molecule has 156 valence electrons. The summed E-state index contributed by atoms with van der Waals surface area (Å²) in [4.78, 5) is 11.4. The van der Waals surface area contributed by atoms with Gasteiger partial charge in [0.05, 0.1) is 5.70 Å². The topological polar surface area (TPSA) is 106 Å². The Morgan fingerprint density at radius 3 is 2.24 bits per heavy atom. The van der Waals surface area contributed by atoms with Crippen LogP contribution in [0, 0.1) is 26.3 Å². The van der Waals surface area contributed by atoms with Gasteiger partial charge in [-0.05, 0) is 81.0 Å². The van der Waals surface area contributed by atoms with Gasteiger partial charge in [0.2, 0.25) is 0 Å². The molecular formula is C23H34N6. The molecule has 0 fully saturated rings. The van der Waals surface area contributed by atoms with Gasteiger partial charge in [-0.2, -0.15) is 5.11 Å². The van der Waals surface area contributed by atoms with Gasteiger partial charge < -0.3 is 15.7 Å². The standard InChI is InChI=1S/C23H34N6/c1-8-17(26-7)10-19-13(3)14(4)20(27-19)12-23-18(9-2)15(5)21(28-23)11-22(29-25)16(6)24/h10-12,16,25,27-28H,8-9,24H2,1-7H3/b19-10?,20-12-,22-11-,26-17?,29-25?. The molecule has 2 heterocycles. The first-order valence-electron chi connectivity index (χ1n) is 10.2. The van der Waals surface area contributed by atoms with Crippen LogP contribution in [0.3, 0.4) is 0 Å². The third-order valence-electron chi connectivity index (χ3n) is 5.58. The van der Waals surface area contributed by atoms with Crippen molar-refractivity contribution in [3.05, 3.63) is 50.0 Å². The summed E-state index contributed by atoms with van der Waals surface area (Å²) in [5.74, 6) is 0. The fourth-order valence-corrected chi connectivity index (χ4v) is 3.48. The van der Waals surface area contributed by atoms with Gasteiger partial charge >= 0.3 is 0 Å². The minimum absolute atomic E-state index is 0.285. The molecule has 2 rings (SSSR count). The molecule has 0 aliphatic heterocycles. The highest BCUT2D eigenvalue weighted by Crippen LogP contribution is 2.22. The van der Waals surface area contributed by atoms with Crippen LogP contribution in [0.25, 0.3) is 18.2 Å². The predicted octanol–water partition coefficient (Wildman–Crippen LogP) is 3.64. The van der Waals surface area contributed by atoms with E-state index in [0.717, 1.165) is 40.6 Å². The molecule has 6 heteroatoms. The number of nitrogens with zero attached hydrogens (tertiary/aromatic N) is 2. The Bertz CT molecular complexity index is 1060. The van der Waals surface area contributed by atoms with Crippen molar-refractivity contribution in [2.24, 2.45) is 15.8 Å². The molecule has 6 nitrogen and oxygen atoms in total. The van der Waals surface area contributed by atoms with Gasteiger partial charge in [0.15, 0.2) is 0 Å². The van der Waals surface area contributed by atoms with E-state index in [1.165, 1.54) is 22.3 Å². The zero-order valence-corrected chi connectivity index (χ0v) is 18.7. The Balaban J connectivity index is 2.67. The molecule has 2 aromatic heterocycles. The average Bonchev–Trinajstić information content (AvgIpc) is 3.14. The Morgan fingerprint density at radius 2 is 1.72 bits per heavy atom. The lowest BCUT2D eigenvalue weighted by Crippen LogP contribution is -2.16. The van der Waals surface area contributed by atoms with Crippen molar-refractivity contribution in [3.63, 3.8) is 0 Å². The van der Waals surface area contributed by atoms with Crippen LogP contribution in [0.4, 0.5) is 0 Å². The van der Waals surface area contributed by atoms with Crippen molar-refractivity contribution in [1.29, 1.82) is 5.53 Å². The van der Waals surface area contributed by atoms with Gasteiger partial charge in [-0.15, -0.1) is 0 Å². The number of aliphatic imine (C=N–C) groups is 1. The van der Waals surface area contributed by atoms with Gasteiger partial charge in [-0.25, -0.2) is 5.53 Å². The fraction of sp³-hybridized carbons (Fsp3) is 0.435. The Hall–Kier alpha value is -2.73. The van der Waals surface area contributed by atoms with Crippen LogP contribution in [0.2, 0.25) is 0 Å². The van der Waals surface area contributed by atoms with Gasteiger partial charge in [-0.1, -0.05) is 13.8 Å². The maximum absolute atomic E-state index is 7.37. The first kappa shape index (κ1) is 22.6. The third-order valence-corrected chi connectivity index (χ3v) is 5.58. The third kappa shape index (κ3) is 4.82. The lowest BCUT2D eigenvalue weighted by atomic mass is 10.1. The van der Waals surface area contributed by atoms with E-state index < -0.39 is 0 Å². The summed E-state index contributed by atoms with van der Waals surface area (Å²) in [6, 6.07) is -0.285. The molecule has 1 atom stereocenters. The van der Waals surface area contributed by atoms with Crippen LogP contribution >= 0.6 is 0 Å². The zero-order valence-electron chi connectivity index (χ0n) is 18.7. The highest BCUT2D eigenvalue weighted by Gasteiger charge is 2.12. The van der Waals surface area contributed by atoms with Crippen LogP contribution in [-0.4, -0.2) is 28.8 Å². The Kier molecular flexibility index (Phi) is 7.51. The summed E-state index contributed by atoms with van der Waals surface area (Å²) in [5, 5.41) is 5.77. The van der Waals surface area contributed by atoms with Crippen LogP contribution in [-0.2, 0) is 6.42 Å². The maximum Gasteiger partial charge on any atom is 0.0808 e. The minimum Gasteiger partial charge on any atom is -0.355 e. The molecular weight excluding hydrogens is 360 g/mol. The second-order valence-corrected chi connectivity index (χ2v) is 7.44. The summed E-state index contributed by atoms with van der Waals surface area (Å²) in [6.45, 7) is 12.5. The summed E-state index contributed by atoms with van der Waals surface area (Å²) < 4.78 is 0. The van der Waals surface area contributed by atoms with E-state index in [4.69, 9.17) is 11.3 Å². The van der Waals surface area contributed by atoms with E-state index in [1.807, 2.05) is 20.0 Å². The van der Waals surface area contributed by atoms with E-state index in [2.05, 4.69) is 66.8 Å². The monoisotopic (exact) mass is 394 g/mol. The molecule has 5 N–H and O–H groups in total. The van der Waals surface area contributed by atoms with Crippen molar-refractivity contribution in [3.8, 4) is 0 Å². The highest BCUT2D eigenvalue weighted by molar-refractivity contribution is 6.09. The molecule has 29 heavy (non-hydrogen) atoms. The number of rotatable bonds is 7. The summed E-state index contributed by atoms with van der Waals surface area (Å²) in [7, 11) is 1.83. The summed E-state index contributed by atoms with van der Waals surface area (Å²) >= 11 is 0. The van der Waals surface area contributed by atoms with Crippen LogP contribution in [0.15, 0.2) is 15.8 Å². The first-order chi connectivity index (χ1) is 13.8. The molecule has 0 spiro atoms. The van der Waals surface area contributed by atoms with Crippen LogP contribution in [0.1, 0.15) is 60.8 Å². The van der Waals surface area contributed by atoms with Gasteiger partial charge in [0.1, 0.15) is 0 Å². The largest absolute Gasteiger partial charge is 0.355 e. The summed E-state index contributed by atoms with van der Waals surface area (Å²) in [5.41, 5.74) is 21.8. The molecule has 0 radical (unpaired) electrons. The summed E-state index contributed by atoms with van der Waals surface area (Å²) in [6.07, 6.45) is 7.98. The number of nitrogens with two attached hydrogens (primary N) is 1. The Morgan fingerprint density at radius 1 is 1.07 bits per heavy atom. The number of aromatic amines is 2. The van der Waals surface area contributed by atoms with Crippen molar-refractivity contribution >= 4 is 23.9 Å². The lowest BCUT2D eigenvalue weighted by molar-refractivity contribution is 0.819. The zero-order chi connectivity index (χ0) is 21.7. The molecule has 1 unspecified atom stereocenters. The number of aromatic nitrogens is 2. The molecule has 0 aromatic carbocycles. The van der Waals surface area contributed by atoms with E-state index in [0.29, 0.717) is 5.70 Å². The van der Waals surface area contributed by atoms with E-state index >= 15 is 0 Å². The second-order valence-electron chi connectivity index (χ2n) is 7.44. The molecule has 0 saturated heterocycles. The number of hydrogen-bond acceptors (Lipinski definition) is 4. The first-order valence-corrected chi connectivity index (χ1v) is 10.2. The molecule has 0 aliphatic carbocycles. The highest BCUT2D eigenvalue weighted by atomic mass is 15.0. The molecule has 0 saturated carbocycles. The minimum atomic E-state index is -0.285. The van der Waals surface area contributed by atoms with Crippen LogP contribution in [0.5, 0.6) is 0 Å². The molecule has 2 aromatic rings. The number of nitrogens with one attached hydrogen (secondary N) is 3. The van der Waals surface area contributed by atoms with E-state index in [-0.39, 0.29) is 6.04 Å². The maximum atomic E-state index is 7.37. The van der Waals surface area contributed by atoms with Crippen molar-refractivity contribution in [2.45, 2.75) is 60.4 Å². The smallest absolute Gasteiger partial charge is 0.0808 e.